The van der Waals surface area contributed by atoms with Crippen molar-refractivity contribution in [1.29, 1.82) is 0 Å². The summed E-state index contributed by atoms with van der Waals surface area (Å²) in [5.74, 6) is -1.08. The van der Waals surface area contributed by atoms with Crippen LogP contribution in [-0.4, -0.2) is 12.5 Å². The third-order valence-electron chi connectivity index (χ3n) is 2.33. The number of nitrogens with one attached hydrogen (secondary N) is 1. The Morgan fingerprint density at radius 3 is 2.50 bits per heavy atom. The molecule has 92 valence electrons. The monoisotopic (exact) mass is 225 g/mol. The zero-order chi connectivity index (χ0) is 12.4. The molecule has 0 aromatic heterocycles. The molecule has 3 nitrogen and oxygen atoms in total. The van der Waals surface area contributed by atoms with E-state index in [0.717, 1.165) is 6.92 Å². The summed E-state index contributed by atoms with van der Waals surface area (Å²) in [4.78, 5) is 10.5. The molecule has 0 aromatic rings. The summed E-state index contributed by atoms with van der Waals surface area (Å²) in [5, 5.41) is 8.89. The van der Waals surface area contributed by atoms with Gasteiger partial charge in [0.1, 0.15) is 5.70 Å². The Hall–Kier alpha value is -1.09. The summed E-state index contributed by atoms with van der Waals surface area (Å²) < 4.78 is 0. The molecule has 1 aliphatic heterocycles. The van der Waals surface area contributed by atoms with Crippen LogP contribution in [0.25, 0.3) is 0 Å². The van der Waals surface area contributed by atoms with E-state index in [-0.39, 0.29) is 0 Å². The van der Waals surface area contributed by atoms with Crippen molar-refractivity contribution in [2.45, 2.75) is 46.5 Å². The Kier molecular flexibility index (Phi) is 8.53. The SMILES string of the molecule is CC(=O)[O-].CCCC[NH+]1C=CC=C1CCC. The highest BCUT2D eigenvalue weighted by Crippen LogP contribution is 2.01. The van der Waals surface area contributed by atoms with E-state index in [4.69, 9.17) is 9.90 Å². The van der Waals surface area contributed by atoms with Gasteiger partial charge in [-0.05, 0) is 25.8 Å². The number of carboxylic acids is 1. The normalized spacial score (nSPS) is 17.7. The van der Waals surface area contributed by atoms with Crippen LogP contribution in [0.4, 0.5) is 0 Å². The van der Waals surface area contributed by atoms with E-state index in [1.54, 1.807) is 10.6 Å². The van der Waals surface area contributed by atoms with E-state index in [1.165, 1.54) is 32.2 Å². The maximum Gasteiger partial charge on any atom is 0.112 e. The van der Waals surface area contributed by atoms with E-state index in [2.05, 4.69) is 32.2 Å². The molecule has 0 amide bonds. The van der Waals surface area contributed by atoms with Crippen molar-refractivity contribution in [3.05, 3.63) is 24.0 Å². The Morgan fingerprint density at radius 1 is 1.38 bits per heavy atom. The van der Waals surface area contributed by atoms with Crippen molar-refractivity contribution in [1.82, 2.24) is 0 Å². The highest BCUT2D eigenvalue weighted by atomic mass is 16.4. The third-order valence-corrected chi connectivity index (χ3v) is 2.33. The molecule has 0 saturated heterocycles. The smallest absolute Gasteiger partial charge is 0.112 e. The van der Waals surface area contributed by atoms with Gasteiger partial charge in [-0.1, -0.05) is 20.3 Å². The quantitative estimate of drug-likeness (QED) is 0.746. The molecular formula is C13H23NO2. The molecule has 0 aliphatic carbocycles. The molecule has 1 rings (SSSR count). The van der Waals surface area contributed by atoms with Gasteiger partial charge in [-0.3, -0.25) is 4.90 Å². The second-order valence-corrected chi connectivity index (χ2v) is 3.92. The van der Waals surface area contributed by atoms with Crippen molar-refractivity contribution in [2.24, 2.45) is 0 Å². The predicted molar refractivity (Wildman–Crippen MR) is 63.5 cm³/mol. The summed E-state index contributed by atoms with van der Waals surface area (Å²) in [6, 6.07) is 0. The average Bonchev–Trinajstić information content (AvgIpc) is 2.62. The minimum atomic E-state index is -1.08. The van der Waals surface area contributed by atoms with Crippen molar-refractivity contribution >= 4 is 5.97 Å². The topological polar surface area (TPSA) is 44.6 Å². The van der Waals surface area contributed by atoms with Gasteiger partial charge in [0.15, 0.2) is 0 Å². The molecule has 0 bridgehead atoms. The first kappa shape index (κ1) is 14.9. The lowest BCUT2D eigenvalue weighted by molar-refractivity contribution is -0.804. The largest absolute Gasteiger partial charge is 0.550 e. The van der Waals surface area contributed by atoms with Gasteiger partial charge in [0.25, 0.3) is 0 Å². The number of hydrogen-bond donors (Lipinski definition) is 1. The Balaban J connectivity index is 0.000000487. The zero-order valence-corrected chi connectivity index (χ0v) is 10.6. The summed E-state index contributed by atoms with van der Waals surface area (Å²) >= 11 is 0. The number of unbranched alkanes of at least 4 members (excludes halogenated alkanes) is 1. The summed E-state index contributed by atoms with van der Waals surface area (Å²) in [6.07, 6.45) is 11.9. The average molecular weight is 225 g/mol. The molecule has 0 aromatic carbocycles. The standard InChI is InChI=1S/C11H19N.C2H4O2/c1-3-5-9-12-10-6-8-11(12)7-4-2;1-2(3)4/h6,8,10H,3-5,7,9H2,1-2H3;1H3,(H,3,4). The number of rotatable bonds is 5. The molecule has 0 spiro atoms. The van der Waals surface area contributed by atoms with Crippen LogP contribution >= 0.6 is 0 Å². The maximum absolute atomic E-state index is 8.89. The van der Waals surface area contributed by atoms with E-state index < -0.39 is 5.97 Å². The molecule has 0 saturated carbocycles. The van der Waals surface area contributed by atoms with Gasteiger partial charge in [-0.15, -0.1) is 0 Å². The van der Waals surface area contributed by atoms with Crippen LogP contribution in [0.1, 0.15) is 46.5 Å². The van der Waals surface area contributed by atoms with Gasteiger partial charge in [-0.25, -0.2) is 0 Å². The van der Waals surface area contributed by atoms with Crippen molar-refractivity contribution in [3.8, 4) is 0 Å². The van der Waals surface area contributed by atoms with E-state index in [1.807, 2.05) is 0 Å². The van der Waals surface area contributed by atoms with Gasteiger partial charge < -0.3 is 9.90 Å². The lowest BCUT2D eigenvalue weighted by Crippen LogP contribution is -3.04. The number of carboxylic acid groups (broad SMARTS) is 1. The molecule has 1 unspecified atom stereocenters. The first-order valence-electron chi connectivity index (χ1n) is 6.02. The molecule has 3 heteroatoms. The molecule has 1 aliphatic rings. The van der Waals surface area contributed by atoms with Crippen molar-refractivity contribution < 1.29 is 14.8 Å². The van der Waals surface area contributed by atoms with Crippen molar-refractivity contribution in [3.63, 3.8) is 0 Å². The second-order valence-electron chi connectivity index (χ2n) is 3.92. The molecule has 0 fully saturated rings. The zero-order valence-electron chi connectivity index (χ0n) is 10.6. The van der Waals surface area contributed by atoms with Gasteiger partial charge in [0.05, 0.1) is 12.7 Å². The predicted octanol–water partition coefficient (Wildman–Crippen LogP) is 0.639. The number of aliphatic carboxylic acids is 1. The first-order chi connectivity index (χ1) is 7.61. The van der Waals surface area contributed by atoms with Crippen LogP contribution in [0.15, 0.2) is 24.0 Å². The van der Waals surface area contributed by atoms with E-state index >= 15 is 0 Å². The number of carbonyl (C=O) groups excluding carboxylic acids is 1. The van der Waals surface area contributed by atoms with Crippen LogP contribution in [0, 0.1) is 0 Å². The van der Waals surface area contributed by atoms with Gasteiger partial charge in [0, 0.05) is 18.5 Å². The van der Waals surface area contributed by atoms with Crippen LogP contribution in [-0.2, 0) is 4.79 Å². The maximum atomic E-state index is 8.89. The fraction of sp³-hybridized carbons (Fsp3) is 0.615. The second kappa shape index (κ2) is 9.16. The summed E-state index contributed by atoms with van der Waals surface area (Å²) in [6.45, 7) is 6.75. The number of hydrogen-bond acceptors (Lipinski definition) is 2. The Bertz CT molecular complexity index is 253. The molecule has 1 heterocycles. The molecular weight excluding hydrogens is 202 g/mol. The lowest BCUT2D eigenvalue weighted by atomic mass is 10.2. The van der Waals surface area contributed by atoms with Gasteiger partial charge in [-0.2, -0.15) is 0 Å². The van der Waals surface area contributed by atoms with Crippen LogP contribution in [0.3, 0.4) is 0 Å². The third kappa shape index (κ3) is 7.23. The fourth-order valence-corrected chi connectivity index (χ4v) is 1.62. The number of carbonyl (C=O) groups is 1. The van der Waals surface area contributed by atoms with Gasteiger partial charge in [0.2, 0.25) is 0 Å². The first-order valence-corrected chi connectivity index (χ1v) is 6.02. The Morgan fingerprint density at radius 2 is 2.00 bits per heavy atom. The highest BCUT2D eigenvalue weighted by molar-refractivity contribution is 5.60. The van der Waals surface area contributed by atoms with Crippen LogP contribution < -0.4 is 10.0 Å². The van der Waals surface area contributed by atoms with E-state index in [9.17, 15) is 0 Å². The van der Waals surface area contributed by atoms with E-state index in [0.29, 0.717) is 0 Å². The number of quaternary nitrogens is 1. The van der Waals surface area contributed by atoms with Crippen LogP contribution in [0.5, 0.6) is 0 Å². The number of allylic oxidation sites excluding steroid dienone is 3. The lowest BCUT2D eigenvalue weighted by Gasteiger charge is -2.12. The van der Waals surface area contributed by atoms with Crippen LogP contribution in [0.2, 0.25) is 0 Å². The molecule has 16 heavy (non-hydrogen) atoms. The summed E-state index contributed by atoms with van der Waals surface area (Å²) in [5.41, 5.74) is 1.57. The summed E-state index contributed by atoms with van der Waals surface area (Å²) in [7, 11) is 0. The highest BCUT2D eigenvalue weighted by Gasteiger charge is 2.14. The molecule has 0 radical (unpaired) electrons. The molecule has 1 atom stereocenters. The minimum absolute atomic E-state index is 0.972. The fourth-order valence-electron chi connectivity index (χ4n) is 1.62. The Labute approximate surface area is 98.5 Å². The molecule has 1 N–H and O–H groups in total. The minimum Gasteiger partial charge on any atom is -0.550 e. The van der Waals surface area contributed by atoms with Crippen molar-refractivity contribution in [2.75, 3.05) is 6.54 Å². The van der Waals surface area contributed by atoms with Gasteiger partial charge >= 0.3 is 0 Å².